The molecule has 1 N–H and O–H groups in total. The highest BCUT2D eigenvalue weighted by Crippen LogP contribution is 2.42. The maximum absolute atomic E-state index is 13.0. The predicted molar refractivity (Wildman–Crippen MR) is 110 cm³/mol. The van der Waals surface area contributed by atoms with Crippen LogP contribution in [0.5, 0.6) is 11.5 Å². The Morgan fingerprint density at radius 2 is 1.84 bits per heavy atom. The number of carbonyl (C=O) groups excluding carboxylic acids is 2. The van der Waals surface area contributed by atoms with E-state index in [9.17, 15) is 14.7 Å². The number of hydrogen-bond donors (Lipinski definition) is 1. The van der Waals surface area contributed by atoms with Gasteiger partial charge < -0.3 is 23.9 Å². The first-order valence-electron chi connectivity index (χ1n) is 9.48. The van der Waals surface area contributed by atoms with Gasteiger partial charge in [0.25, 0.3) is 11.7 Å². The number of aliphatic hydroxyl groups is 1. The van der Waals surface area contributed by atoms with Crippen molar-refractivity contribution in [3.8, 4) is 11.5 Å². The number of Topliss-reactive ketones (excluding diaryl/α,β-unsaturated/α-hetero) is 1. The third-order valence-corrected chi connectivity index (χ3v) is 5.12. The summed E-state index contributed by atoms with van der Waals surface area (Å²) in [5.74, 6) is -0.331. The van der Waals surface area contributed by atoms with Gasteiger partial charge in [-0.2, -0.15) is 0 Å². The van der Waals surface area contributed by atoms with Crippen LogP contribution in [0.25, 0.3) is 5.76 Å². The molecule has 1 saturated heterocycles. The molecule has 1 atom stereocenters. The van der Waals surface area contributed by atoms with Gasteiger partial charge in [0.1, 0.15) is 11.5 Å². The second kappa shape index (κ2) is 8.35. The van der Waals surface area contributed by atoms with Crippen LogP contribution < -0.4 is 9.47 Å². The molecule has 158 valence electrons. The molecular formula is C23H20N2O6. The lowest BCUT2D eigenvalue weighted by atomic mass is 9.95. The number of benzene rings is 1. The van der Waals surface area contributed by atoms with E-state index in [4.69, 9.17) is 13.9 Å². The summed E-state index contributed by atoms with van der Waals surface area (Å²) in [6, 6.07) is 10.8. The van der Waals surface area contributed by atoms with E-state index in [2.05, 4.69) is 4.98 Å². The van der Waals surface area contributed by atoms with Crippen LogP contribution in [0.4, 0.5) is 0 Å². The molecule has 1 aliphatic rings. The van der Waals surface area contributed by atoms with Gasteiger partial charge in [0.15, 0.2) is 11.5 Å². The minimum atomic E-state index is -0.849. The van der Waals surface area contributed by atoms with Crippen molar-refractivity contribution in [3.05, 3.63) is 83.6 Å². The number of nitrogens with zero attached hydrogens (tertiary/aromatic N) is 2. The Kier molecular flexibility index (Phi) is 5.44. The zero-order valence-electron chi connectivity index (χ0n) is 16.9. The molecule has 2 aromatic heterocycles. The third-order valence-electron chi connectivity index (χ3n) is 5.12. The molecule has 0 bridgehead atoms. The van der Waals surface area contributed by atoms with Crippen molar-refractivity contribution >= 4 is 17.4 Å². The van der Waals surface area contributed by atoms with Crippen molar-refractivity contribution < 1.29 is 28.6 Å². The number of ketones is 1. The van der Waals surface area contributed by atoms with Gasteiger partial charge in [-0.3, -0.25) is 14.6 Å². The molecule has 8 nitrogen and oxygen atoms in total. The Morgan fingerprint density at radius 3 is 2.48 bits per heavy atom. The maximum atomic E-state index is 13.0. The number of furan rings is 1. The number of hydrogen-bond acceptors (Lipinski definition) is 7. The molecule has 1 fully saturated rings. The molecule has 31 heavy (non-hydrogen) atoms. The van der Waals surface area contributed by atoms with Crippen molar-refractivity contribution in [1.82, 2.24) is 9.88 Å². The monoisotopic (exact) mass is 420 g/mol. The van der Waals surface area contributed by atoms with Crippen LogP contribution in [0.1, 0.15) is 22.9 Å². The standard InChI is InChI=1S/C23H20N2O6/c1-29-17-6-5-15(12-18(17)30-2)20-19(21(26)14-7-9-24-10-8-14)22(27)23(28)25(20)13-16-4-3-11-31-16/h3-12,20,26H,13H2,1-2H3. The van der Waals surface area contributed by atoms with Gasteiger partial charge in [-0.1, -0.05) is 6.07 Å². The van der Waals surface area contributed by atoms with E-state index < -0.39 is 17.7 Å². The predicted octanol–water partition coefficient (Wildman–Crippen LogP) is 3.31. The number of ether oxygens (including phenoxy) is 2. The number of rotatable bonds is 6. The Bertz CT molecular complexity index is 1140. The Morgan fingerprint density at radius 1 is 1.10 bits per heavy atom. The van der Waals surface area contributed by atoms with Crippen molar-refractivity contribution in [1.29, 1.82) is 0 Å². The number of methoxy groups -OCH3 is 2. The summed E-state index contributed by atoms with van der Waals surface area (Å²) >= 11 is 0. The minimum Gasteiger partial charge on any atom is -0.507 e. The topological polar surface area (TPSA) is 102 Å². The smallest absolute Gasteiger partial charge is 0.296 e. The number of amides is 1. The number of aromatic nitrogens is 1. The molecule has 4 rings (SSSR count). The van der Waals surface area contributed by atoms with Gasteiger partial charge >= 0.3 is 0 Å². The molecule has 0 spiro atoms. The van der Waals surface area contributed by atoms with E-state index >= 15 is 0 Å². The summed E-state index contributed by atoms with van der Waals surface area (Å²) in [4.78, 5) is 31.3. The normalized spacial score (nSPS) is 17.7. The van der Waals surface area contributed by atoms with Crippen molar-refractivity contribution in [3.63, 3.8) is 0 Å². The maximum Gasteiger partial charge on any atom is 0.296 e. The van der Waals surface area contributed by atoms with Gasteiger partial charge in [0.2, 0.25) is 0 Å². The zero-order valence-corrected chi connectivity index (χ0v) is 16.9. The highest BCUT2D eigenvalue weighted by atomic mass is 16.5. The summed E-state index contributed by atoms with van der Waals surface area (Å²) in [6.45, 7) is 0.0592. The first kappa shape index (κ1) is 20.2. The van der Waals surface area contributed by atoms with Gasteiger partial charge in [0.05, 0.1) is 38.6 Å². The largest absolute Gasteiger partial charge is 0.507 e. The Hall–Kier alpha value is -4.07. The van der Waals surface area contributed by atoms with Crippen LogP contribution in [0.2, 0.25) is 0 Å². The first-order chi connectivity index (χ1) is 15.0. The highest BCUT2D eigenvalue weighted by Gasteiger charge is 2.46. The van der Waals surface area contributed by atoms with E-state index in [1.807, 2.05) is 0 Å². The van der Waals surface area contributed by atoms with Crippen LogP contribution in [0.15, 0.2) is 71.1 Å². The molecule has 0 saturated carbocycles. The lowest BCUT2D eigenvalue weighted by molar-refractivity contribution is -0.140. The Balaban J connectivity index is 1.89. The molecule has 1 amide bonds. The number of aliphatic hydroxyl groups excluding tert-OH is 1. The van der Waals surface area contributed by atoms with Crippen LogP contribution in [0.3, 0.4) is 0 Å². The molecule has 1 aromatic carbocycles. The summed E-state index contributed by atoms with van der Waals surface area (Å²) in [5, 5.41) is 11.0. The average molecular weight is 420 g/mol. The summed E-state index contributed by atoms with van der Waals surface area (Å²) in [6.07, 6.45) is 4.49. The van der Waals surface area contributed by atoms with Gasteiger partial charge in [-0.25, -0.2) is 0 Å². The zero-order chi connectivity index (χ0) is 22.0. The van der Waals surface area contributed by atoms with E-state index in [-0.39, 0.29) is 17.9 Å². The molecule has 1 unspecified atom stereocenters. The fourth-order valence-electron chi connectivity index (χ4n) is 3.65. The van der Waals surface area contributed by atoms with E-state index in [0.717, 1.165) is 0 Å². The first-order valence-corrected chi connectivity index (χ1v) is 9.48. The van der Waals surface area contributed by atoms with Crippen LogP contribution >= 0.6 is 0 Å². The summed E-state index contributed by atoms with van der Waals surface area (Å²) < 4.78 is 16.1. The van der Waals surface area contributed by atoms with E-state index in [1.54, 1.807) is 42.5 Å². The van der Waals surface area contributed by atoms with E-state index in [0.29, 0.717) is 28.4 Å². The van der Waals surface area contributed by atoms with Gasteiger partial charge in [0, 0.05) is 18.0 Å². The lowest BCUT2D eigenvalue weighted by Gasteiger charge is -2.25. The molecule has 8 heteroatoms. The van der Waals surface area contributed by atoms with Crippen LogP contribution in [0, 0.1) is 0 Å². The number of carbonyl (C=O) groups is 2. The summed E-state index contributed by atoms with van der Waals surface area (Å²) in [7, 11) is 3.02. The highest BCUT2D eigenvalue weighted by molar-refractivity contribution is 6.46. The molecule has 0 aliphatic carbocycles. The fraction of sp³-hybridized carbons (Fsp3) is 0.174. The molecule has 3 heterocycles. The SMILES string of the molecule is COc1ccc(C2C(=C(O)c3ccncc3)C(=O)C(=O)N2Cc2ccco2)cc1OC. The second-order valence-corrected chi connectivity index (χ2v) is 6.86. The van der Waals surface area contributed by atoms with E-state index in [1.165, 1.54) is 37.8 Å². The molecular weight excluding hydrogens is 400 g/mol. The third kappa shape index (κ3) is 3.63. The molecule has 0 radical (unpaired) electrons. The molecule has 3 aromatic rings. The number of pyridine rings is 1. The molecule has 1 aliphatic heterocycles. The van der Waals surface area contributed by atoms with Crippen molar-refractivity contribution in [2.75, 3.05) is 14.2 Å². The van der Waals surface area contributed by atoms with Gasteiger partial charge in [-0.05, 0) is 42.0 Å². The number of likely N-dealkylation sites (tertiary alicyclic amines) is 1. The van der Waals surface area contributed by atoms with Crippen LogP contribution in [-0.2, 0) is 16.1 Å². The average Bonchev–Trinajstić information content (AvgIpc) is 3.41. The minimum absolute atomic E-state index is 0.0185. The summed E-state index contributed by atoms with van der Waals surface area (Å²) in [5.41, 5.74) is 0.950. The van der Waals surface area contributed by atoms with Crippen molar-refractivity contribution in [2.45, 2.75) is 12.6 Å². The van der Waals surface area contributed by atoms with Crippen LogP contribution in [-0.4, -0.2) is 40.9 Å². The Labute approximate surface area is 178 Å². The second-order valence-electron chi connectivity index (χ2n) is 6.86. The lowest BCUT2D eigenvalue weighted by Crippen LogP contribution is -2.29. The fourth-order valence-corrected chi connectivity index (χ4v) is 3.65. The van der Waals surface area contributed by atoms with Gasteiger partial charge in [-0.15, -0.1) is 0 Å². The quantitative estimate of drug-likeness (QED) is 0.371. The van der Waals surface area contributed by atoms with Crippen molar-refractivity contribution in [2.24, 2.45) is 0 Å².